The van der Waals surface area contributed by atoms with E-state index in [9.17, 15) is 8.78 Å². The summed E-state index contributed by atoms with van der Waals surface area (Å²) >= 11 is 0. The first kappa shape index (κ1) is 8.63. The van der Waals surface area contributed by atoms with Gasteiger partial charge >= 0.3 is 0 Å². The third kappa shape index (κ3) is 1.70. The molecule has 3 heteroatoms. The van der Waals surface area contributed by atoms with Crippen molar-refractivity contribution in [1.82, 2.24) is 5.32 Å². The van der Waals surface area contributed by atoms with E-state index in [0.29, 0.717) is 0 Å². The van der Waals surface area contributed by atoms with Crippen LogP contribution in [0.5, 0.6) is 0 Å². The number of halogens is 2. The summed E-state index contributed by atoms with van der Waals surface area (Å²) in [6.07, 6.45) is 1.57. The van der Waals surface area contributed by atoms with Crippen LogP contribution in [0.4, 0.5) is 8.78 Å². The molecule has 0 aliphatic carbocycles. The van der Waals surface area contributed by atoms with Crippen LogP contribution in [0.1, 0.15) is 11.1 Å². The Morgan fingerprint density at radius 3 is 1.85 bits per heavy atom. The third-order valence-electron chi connectivity index (χ3n) is 2.38. The lowest BCUT2D eigenvalue weighted by atomic mass is 10.0. The maximum Gasteiger partial charge on any atom is 0.159 e. The zero-order valence-corrected chi connectivity index (χ0v) is 7.24. The van der Waals surface area contributed by atoms with Gasteiger partial charge in [-0.05, 0) is 49.2 Å². The molecule has 0 unspecified atom stereocenters. The Labute approximate surface area is 75.8 Å². The molecule has 0 atom stereocenters. The zero-order valence-electron chi connectivity index (χ0n) is 7.24. The van der Waals surface area contributed by atoms with Gasteiger partial charge in [0.15, 0.2) is 11.6 Å². The Kier molecular flexibility index (Phi) is 2.27. The van der Waals surface area contributed by atoms with Crippen molar-refractivity contribution < 1.29 is 8.78 Å². The normalized spacial score (nSPS) is 16.5. The van der Waals surface area contributed by atoms with Crippen LogP contribution in [-0.2, 0) is 12.8 Å². The molecule has 70 valence electrons. The summed E-state index contributed by atoms with van der Waals surface area (Å²) in [7, 11) is 0. The largest absolute Gasteiger partial charge is 0.316 e. The lowest BCUT2D eigenvalue weighted by molar-refractivity contribution is 0.505. The van der Waals surface area contributed by atoms with Gasteiger partial charge in [-0.2, -0.15) is 0 Å². The molecule has 0 saturated heterocycles. The van der Waals surface area contributed by atoms with Crippen molar-refractivity contribution in [1.29, 1.82) is 0 Å². The summed E-state index contributed by atoms with van der Waals surface area (Å²) in [5.41, 5.74) is 1.87. The summed E-state index contributed by atoms with van der Waals surface area (Å²) in [6, 6.07) is 2.63. The second kappa shape index (κ2) is 3.42. The Balaban J connectivity index is 2.43. The fraction of sp³-hybridized carbons (Fsp3) is 0.400. The maximum absolute atomic E-state index is 12.8. The molecule has 0 saturated carbocycles. The number of fused-ring (bicyclic) bond motifs is 1. The molecule has 1 N–H and O–H groups in total. The first-order chi connectivity index (χ1) is 6.27. The van der Waals surface area contributed by atoms with Crippen molar-refractivity contribution in [2.45, 2.75) is 12.8 Å². The van der Waals surface area contributed by atoms with E-state index in [1.807, 2.05) is 0 Å². The molecule has 1 aliphatic rings. The van der Waals surface area contributed by atoms with Crippen molar-refractivity contribution in [2.24, 2.45) is 0 Å². The van der Waals surface area contributed by atoms with Crippen LogP contribution in [0.2, 0.25) is 0 Å². The van der Waals surface area contributed by atoms with E-state index in [4.69, 9.17) is 0 Å². The predicted octanol–water partition coefficient (Wildman–Crippen LogP) is 1.65. The van der Waals surface area contributed by atoms with Gasteiger partial charge in [0.25, 0.3) is 0 Å². The van der Waals surface area contributed by atoms with E-state index in [-0.39, 0.29) is 0 Å². The van der Waals surface area contributed by atoms with Crippen LogP contribution in [-0.4, -0.2) is 13.1 Å². The summed E-state index contributed by atoms with van der Waals surface area (Å²) in [5.74, 6) is -1.47. The zero-order chi connectivity index (χ0) is 9.26. The molecule has 0 bridgehead atoms. The van der Waals surface area contributed by atoms with Gasteiger partial charge in [0.1, 0.15) is 0 Å². The highest BCUT2D eigenvalue weighted by Crippen LogP contribution is 2.17. The van der Waals surface area contributed by atoms with Gasteiger partial charge in [-0.1, -0.05) is 0 Å². The van der Waals surface area contributed by atoms with Gasteiger partial charge < -0.3 is 5.32 Å². The molecule has 13 heavy (non-hydrogen) atoms. The molecule has 1 aliphatic heterocycles. The molecular formula is C10H11F2N. The lowest BCUT2D eigenvalue weighted by Crippen LogP contribution is -2.16. The molecule has 1 aromatic rings. The van der Waals surface area contributed by atoms with Crippen LogP contribution in [0.15, 0.2) is 12.1 Å². The summed E-state index contributed by atoms with van der Waals surface area (Å²) in [6.45, 7) is 1.69. The maximum atomic E-state index is 12.8. The lowest BCUT2D eigenvalue weighted by Gasteiger charge is -2.04. The van der Waals surface area contributed by atoms with Gasteiger partial charge in [-0.15, -0.1) is 0 Å². The smallest absolute Gasteiger partial charge is 0.159 e. The van der Waals surface area contributed by atoms with E-state index < -0.39 is 11.6 Å². The van der Waals surface area contributed by atoms with Crippen molar-refractivity contribution in [3.05, 3.63) is 34.9 Å². The van der Waals surface area contributed by atoms with E-state index >= 15 is 0 Å². The standard InChI is InChI=1S/C10H11F2N/c11-9-5-7-1-3-13-4-2-8(7)6-10(9)12/h5-6,13H,1-4H2. The Bertz CT molecular complexity index is 292. The number of hydrogen-bond acceptors (Lipinski definition) is 1. The molecule has 0 amide bonds. The van der Waals surface area contributed by atoms with Crippen LogP contribution < -0.4 is 5.32 Å². The minimum atomic E-state index is -0.736. The highest BCUT2D eigenvalue weighted by Gasteiger charge is 2.11. The highest BCUT2D eigenvalue weighted by molar-refractivity contribution is 5.30. The minimum absolute atomic E-state index is 0.736. The summed E-state index contributed by atoms with van der Waals surface area (Å²) < 4.78 is 25.7. The number of hydrogen-bond donors (Lipinski definition) is 1. The van der Waals surface area contributed by atoms with Crippen LogP contribution in [0.3, 0.4) is 0 Å². The fourth-order valence-corrected chi connectivity index (χ4v) is 1.67. The van der Waals surface area contributed by atoms with Gasteiger partial charge in [-0.3, -0.25) is 0 Å². The molecule has 0 aromatic heterocycles. The van der Waals surface area contributed by atoms with Gasteiger partial charge in [0.2, 0.25) is 0 Å². The van der Waals surface area contributed by atoms with E-state index in [0.717, 1.165) is 37.1 Å². The van der Waals surface area contributed by atoms with E-state index in [2.05, 4.69) is 5.32 Å². The van der Waals surface area contributed by atoms with Crippen molar-refractivity contribution >= 4 is 0 Å². The second-order valence-corrected chi connectivity index (χ2v) is 3.29. The van der Waals surface area contributed by atoms with Gasteiger partial charge in [0, 0.05) is 0 Å². The topological polar surface area (TPSA) is 12.0 Å². The predicted molar refractivity (Wildman–Crippen MR) is 46.6 cm³/mol. The second-order valence-electron chi connectivity index (χ2n) is 3.29. The quantitative estimate of drug-likeness (QED) is 0.645. The van der Waals surface area contributed by atoms with Crippen LogP contribution in [0.25, 0.3) is 0 Å². The number of rotatable bonds is 0. The molecule has 2 rings (SSSR count). The van der Waals surface area contributed by atoms with Crippen molar-refractivity contribution in [3.8, 4) is 0 Å². The Morgan fingerprint density at radius 1 is 0.923 bits per heavy atom. The van der Waals surface area contributed by atoms with Crippen LogP contribution >= 0.6 is 0 Å². The van der Waals surface area contributed by atoms with Gasteiger partial charge in [0.05, 0.1) is 0 Å². The molecule has 0 fully saturated rings. The van der Waals surface area contributed by atoms with E-state index in [1.165, 1.54) is 12.1 Å². The van der Waals surface area contributed by atoms with E-state index in [1.54, 1.807) is 0 Å². The molecule has 0 spiro atoms. The van der Waals surface area contributed by atoms with Crippen LogP contribution in [0, 0.1) is 11.6 Å². The Hall–Kier alpha value is -0.960. The average Bonchev–Trinajstić information content (AvgIpc) is 2.31. The monoisotopic (exact) mass is 183 g/mol. The Morgan fingerprint density at radius 2 is 1.38 bits per heavy atom. The molecule has 0 radical (unpaired) electrons. The van der Waals surface area contributed by atoms with Gasteiger partial charge in [-0.25, -0.2) is 8.78 Å². The SMILES string of the molecule is Fc1cc2c(cc1F)CCNCC2. The first-order valence-corrected chi connectivity index (χ1v) is 4.45. The fourth-order valence-electron chi connectivity index (χ4n) is 1.67. The van der Waals surface area contributed by atoms with Crippen molar-refractivity contribution in [2.75, 3.05) is 13.1 Å². The summed E-state index contributed by atoms with van der Waals surface area (Å²) in [4.78, 5) is 0. The highest BCUT2D eigenvalue weighted by atomic mass is 19.2. The van der Waals surface area contributed by atoms with Crippen molar-refractivity contribution in [3.63, 3.8) is 0 Å². The third-order valence-corrected chi connectivity index (χ3v) is 2.38. The summed E-state index contributed by atoms with van der Waals surface area (Å²) in [5, 5.41) is 3.19. The first-order valence-electron chi connectivity index (χ1n) is 4.45. The molecule has 1 aromatic carbocycles. The average molecular weight is 183 g/mol. The molecule has 1 nitrogen and oxygen atoms in total. The number of benzene rings is 1. The minimum Gasteiger partial charge on any atom is -0.316 e. The molecular weight excluding hydrogens is 172 g/mol. The number of nitrogens with one attached hydrogen (secondary N) is 1. The molecule has 1 heterocycles.